The maximum absolute atomic E-state index is 12.5. The fourth-order valence-corrected chi connectivity index (χ4v) is 3.87. The topological polar surface area (TPSA) is 53.1 Å². The van der Waals surface area contributed by atoms with E-state index < -0.39 is 5.24 Å². The van der Waals surface area contributed by atoms with Gasteiger partial charge >= 0.3 is 0 Å². The third-order valence-electron chi connectivity index (χ3n) is 5.22. The summed E-state index contributed by atoms with van der Waals surface area (Å²) in [7, 11) is 2.11. The predicted octanol–water partition coefficient (Wildman–Crippen LogP) is 2.35. The normalized spacial score (nSPS) is 19.4. The van der Waals surface area contributed by atoms with Gasteiger partial charge in [-0.05, 0) is 49.7 Å². The van der Waals surface area contributed by atoms with E-state index in [-0.39, 0.29) is 11.9 Å². The number of hydrogen-bond donors (Lipinski definition) is 0. The number of hydrogen-bond acceptors (Lipinski definition) is 5. The molecule has 142 valence electrons. The number of piperazine rings is 1. The Morgan fingerprint density at radius 3 is 2.38 bits per heavy atom. The second-order valence-corrected chi connectivity index (χ2v) is 7.34. The number of carbonyl (C=O) groups is 2. The van der Waals surface area contributed by atoms with E-state index in [1.54, 1.807) is 17.9 Å². The zero-order chi connectivity index (χ0) is 18.7. The van der Waals surface area contributed by atoms with E-state index in [1.165, 1.54) is 0 Å². The lowest BCUT2D eigenvalue weighted by Gasteiger charge is -2.37. The number of ether oxygens (including phenoxy) is 1. The van der Waals surface area contributed by atoms with Gasteiger partial charge in [-0.2, -0.15) is 0 Å². The van der Waals surface area contributed by atoms with Crippen molar-refractivity contribution in [3.8, 4) is 0 Å². The van der Waals surface area contributed by atoms with Gasteiger partial charge in [0.05, 0.1) is 11.3 Å². The van der Waals surface area contributed by atoms with Gasteiger partial charge in [-0.25, -0.2) is 0 Å². The van der Waals surface area contributed by atoms with Crippen LogP contribution in [0.5, 0.6) is 0 Å². The Hall–Kier alpha value is -1.63. The van der Waals surface area contributed by atoms with E-state index >= 15 is 0 Å². The first-order valence-electron chi connectivity index (χ1n) is 9.12. The van der Waals surface area contributed by atoms with E-state index in [0.717, 1.165) is 44.7 Å². The van der Waals surface area contributed by atoms with Crippen molar-refractivity contribution in [3.05, 3.63) is 23.8 Å². The Balaban J connectivity index is 1.97. The molecule has 0 radical (unpaired) electrons. The number of nitrogens with zero attached hydrogens (tertiary/aromatic N) is 3. The summed E-state index contributed by atoms with van der Waals surface area (Å²) in [5, 5.41) is -0.539. The second-order valence-electron chi connectivity index (χ2n) is 7.00. The summed E-state index contributed by atoms with van der Waals surface area (Å²) in [6.45, 7) is 6.60. The minimum Gasteiger partial charge on any atom is -0.381 e. The summed E-state index contributed by atoms with van der Waals surface area (Å²) in [5.74, 6) is -0.0772. The van der Waals surface area contributed by atoms with E-state index in [2.05, 4.69) is 16.8 Å². The first kappa shape index (κ1) is 19.1. The predicted molar refractivity (Wildman–Crippen MR) is 103 cm³/mol. The molecule has 3 rings (SSSR count). The molecule has 0 atom stereocenters. The highest BCUT2D eigenvalue weighted by atomic mass is 35.5. The Morgan fingerprint density at radius 1 is 1.15 bits per heavy atom. The number of likely N-dealkylation sites (N-methyl/N-ethyl adjacent to an activating group) is 1. The molecule has 0 bridgehead atoms. The smallest absolute Gasteiger partial charge is 0.254 e. The number of carbonyl (C=O) groups excluding carboxylic acids is 2. The molecule has 7 heteroatoms. The molecule has 6 nitrogen and oxygen atoms in total. The van der Waals surface area contributed by atoms with E-state index in [1.807, 2.05) is 12.1 Å². The zero-order valence-corrected chi connectivity index (χ0v) is 16.2. The highest BCUT2D eigenvalue weighted by Gasteiger charge is 2.29. The van der Waals surface area contributed by atoms with Crippen molar-refractivity contribution in [1.82, 2.24) is 4.90 Å². The molecule has 2 fully saturated rings. The first-order chi connectivity index (χ1) is 12.5. The maximum atomic E-state index is 12.5. The van der Waals surface area contributed by atoms with Crippen LogP contribution in [0.4, 0.5) is 11.4 Å². The van der Waals surface area contributed by atoms with Crippen LogP contribution in [0.3, 0.4) is 0 Å². The molecule has 0 unspecified atom stereocenters. The van der Waals surface area contributed by atoms with Crippen LogP contribution in [-0.4, -0.2) is 68.5 Å². The number of amides is 1. The van der Waals surface area contributed by atoms with Crippen LogP contribution < -0.4 is 9.80 Å². The van der Waals surface area contributed by atoms with E-state index in [9.17, 15) is 9.59 Å². The molecule has 1 aromatic rings. The average molecular weight is 380 g/mol. The zero-order valence-electron chi connectivity index (χ0n) is 15.4. The minimum atomic E-state index is -0.539. The molecule has 2 saturated heterocycles. The molecule has 2 aliphatic rings. The molecule has 0 aromatic heterocycles. The number of rotatable bonds is 4. The van der Waals surface area contributed by atoms with Crippen molar-refractivity contribution in [2.45, 2.75) is 25.8 Å². The van der Waals surface area contributed by atoms with E-state index in [4.69, 9.17) is 16.3 Å². The number of benzene rings is 1. The average Bonchev–Trinajstić information content (AvgIpc) is 2.63. The van der Waals surface area contributed by atoms with Crippen LogP contribution in [-0.2, 0) is 9.53 Å². The molecule has 2 aliphatic heterocycles. The van der Waals surface area contributed by atoms with Crippen molar-refractivity contribution >= 4 is 34.1 Å². The van der Waals surface area contributed by atoms with Gasteiger partial charge in [0, 0.05) is 58.0 Å². The quantitative estimate of drug-likeness (QED) is 0.752. The lowest BCUT2D eigenvalue weighted by Crippen LogP contribution is -2.45. The van der Waals surface area contributed by atoms with Gasteiger partial charge in [0.25, 0.3) is 5.24 Å². The molecule has 0 N–H and O–H groups in total. The molecular weight excluding hydrogens is 354 g/mol. The Bertz CT molecular complexity index is 668. The SMILES string of the molecule is CC(=O)N(c1cc(N2CCN(C)CC2)ccc1C(=O)Cl)C1CCOCC1. The minimum absolute atomic E-state index is 0.0266. The van der Waals surface area contributed by atoms with Gasteiger partial charge in [-0.1, -0.05) is 0 Å². The van der Waals surface area contributed by atoms with Gasteiger partial charge in [0.1, 0.15) is 0 Å². The highest BCUT2D eigenvalue weighted by molar-refractivity contribution is 6.68. The highest BCUT2D eigenvalue weighted by Crippen LogP contribution is 2.32. The van der Waals surface area contributed by atoms with Gasteiger partial charge in [0.15, 0.2) is 0 Å². The monoisotopic (exact) mass is 379 g/mol. The maximum Gasteiger partial charge on any atom is 0.254 e. The molecular formula is C19H26ClN3O3. The summed E-state index contributed by atoms with van der Waals surface area (Å²) >= 11 is 5.83. The van der Waals surface area contributed by atoms with Gasteiger partial charge in [-0.3, -0.25) is 9.59 Å². The number of halogens is 1. The van der Waals surface area contributed by atoms with Crippen molar-refractivity contribution in [3.63, 3.8) is 0 Å². The summed E-state index contributed by atoms with van der Waals surface area (Å²) < 4.78 is 5.43. The third kappa shape index (κ3) is 4.19. The fourth-order valence-electron chi connectivity index (χ4n) is 3.71. The van der Waals surface area contributed by atoms with Crippen LogP contribution in [0, 0.1) is 0 Å². The Morgan fingerprint density at radius 2 is 1.81 bits per heavy atom. The van der Waals surface area contributed by atoms with Crippen molar-refractivity contribution in [2.24, 2.45) is 0 Å². The summed E-state index contributed by atoms with van der Waals surface area (Å²) in [5.41, 5.74) is 2.01. The van der Waals surface area contributed by atoms with Crippen molar-refractivity contribution < 1.29 is 14.3 Å². The largest absolute Gasteiger partial charge is 0.381 e. The fraction of sp³-hybridized carbons (Fsp3) is 0.579. The van der Waals surface area contributed by atoms with Crippen molar-refractivity contribution in [2.75, 3.05) is 56.2 Å². The molecule has 0 spiro atoms. The summed E-state index contributed by atoms with van der Waals surface area (Å²) in [6.07, 6.45) is 1.52. The molecule has 26 heavy (non-hydrogen) atoms. The van der Waals surface area contributed by atoms with Gasteiger partial charge in [0.2, 0.25) is 5.91 Å². The number of anilines is 2. The molecule has 2 heterocycles. The first-order valence-corrected chi connectivity index (χ1v) is 9.50. The molecule has 1 aromatic carbocycles. The molecule has 0 saturated carbocycles. The van der Waals surface area contributed by atoms with Crippen LogP contribution in [0.1, 0.15) is 30.1 Å². The summed E-state index contributed by atoms with van der Waals surface area (Å²) in [6, 6.07) is 5.64. The lowest BCUT2D eigenvalue weighted by atomic mass is 10.0. The van der Waals surface area contributed by atoms with Crippen LogP contribution >= 0.6 is 11.6 Å². The summed E-state index contributed by atoms with van der Waals surface area (Å²) in [4.78, 5) is 30.8. The lowest BCUT2D eigenvalue weighted by molar-refractivity contribution is -0.117. The molecule has 1 amide bonds. The molecule has 0 aliphatic carbocycles. The van der Waals surface area contributed by atoms with Gasteiger partial charge < -0.3 is 19.4 Å². The standard InChI is InChI=1S/C19H26ClN3O3/c1-14(24)23(15-5-11-26-12-6-15)18-13-16(3-4-17(18)19(20)25)22-9-7-21(2)8-10-22/h3-4,13,15H,5-12H2,1-2H3. The second kappa shape index (κ2) is 8.37. The van der Waals surface area contributed by atoms with Crippen LogP contribution in [0.2, 0.25) is 0 Å². The van der Waals surface area contributed by atoms with Crippen molar-refractivity contribution in [1.29, 1.82) is 0 Å². The van der Waals surface area contributed by atoms with Gasteiger partial charge in [-0.15, -0.1) is 0 Å². The Kier molecular flexibility index (Phi) is 6.16. The van der Waals surface area contributed by atoms with E-state index in [0.29, 0.717) is 24.5 Å². The Labute approximate surface area is 159 Å². The van der Waals surface area contributed by atoms with Crippen LogP contribution in [0.15, 0.2) is 18.2 Å². The third-order valence-corrected chi connectivity index (χ3v) is 5.42. The van der Waals surface area contributed by atoms with Crippen LogP contribution in [0.25, 0.3) is 0 Å².